The van der Waals surface area contributed by atoms with E-state index in [2.05, 4.69) is 55.4 Å². The molecule has 0 amide bonds. The number of hydrogen-bond donors (Lipinski definition) is 0. The SMILES string of the molecule is CCC[Si](CC)(CC)CC.CCC[Si](CC)(CC)CC.[CH3-].[CH3-].[Ni+2]. The Balaban J connectivity index is -0.0000000831. The summed E-state index contributed by atoms with van der Waals surface area (Å²) < 4.78 is 0. The van der Waals surface area contributed by atoms with Crippen LogP contribution < -0.4 is 0 Å². The van der Waals surface area contributed by atoms with Crippen LogP contribution in [-0.2, 0) is 16.5 Å². The normalized spacial score (nSPS) is 10.4. The van der Waals surface area contributed by atoms with Crippen LogP contribution in [0.4, 0.5) is 0 Å². The molecule has 0 unspecified atom stereocenters. The average Bonchev–Trinajstić information content (AvgIpc) is 2.51. The van der Waals surface area contributed by atoms with Crippen LogP contribution in [0, 0.1) is 14.9 Å². The zero-order valence-corrected chi connectivity index (χ0v) is 21.4. The molecule has 0 aliphatic rings. The Bertz CT molecular complexity index is 161. The van der Waals surface area contributed by atoms with E-state index in [4.69, 9.17) is 0 Å². The third-order valence-electron chi connectivity index (χ3n) is 6.06. The van der Waals surface area contributed by atoms with Crippen LogP contribution >= 0.6 is 0 Å². The molecule has 0 aliphatic heterocycles. The van der Waals surface area contributed by atoms with Gasteiger partial charge in [0.25, 0.3) is 0 Å². The topological polar surface area (TPSA) is 0 Å². The Morgan fingerprint density at radius 2 is 0.609 bits per heavy atom. The summed E-state index contributed by atoms with van der Waals surface area (Å²) in [6.45, 7) is 18.9. The Morgan fingerprint density at radius 3 is 0.652 bits per heavy atom. The van der Waals surface area contributed by atoms with Gasteiger partial charge in [-0.05, 0) is 0 Å². The minimum Gasteiger partial charge on any atom is -0.358 e. The quantitative estimate of drug-likeness (QED) is 0.252. The van der Waals surface area contributed by atoms with Crippen LogP contribution in [0.2, 0.25) is 48.4 Å². The molecule has 0 radical (unpaired) electrons. The first-order valence-electron chi connectivity index (χ1n) is 9.49. The maximum absolute atomic E-state index is 2.38. The van der Waals surface area contributed by atoms with E-state index in [9.17, 15) is 0 Å². The predicted octanol–water partition coefficient (Wildman–Crippen LogP) is 8.71. The monoisotopic (exact) mass is 404 g/mol. The molecular formula is C20H50NiSi2. The number of rotatable bonds is 10. The first kappa shape index (κ1) is 35.1. The Morgan fingerprint density at radius 1 is 0.435 bits per heavy atom. The van der Waals surface area contributed by atoms with Crippen molar-refractivity contribution in [3.63, 3.8) is 0 Å². The molecule has 23 heavy (non-hydrogen) atoms. The molecule has 0 heterocycles. The van der Waals surface area contributed by atoms with E-state index in [1.165, 1.54) is 49.1 Å². The molecule has 0 aromatic carbocycles. The van der Waals surface area contributed by atoms with E-state index >= 15 is 0 Å². The molecular weight excluding hydrogens is 355 g/mol. The van der Waals surface area contributed by atoms with Gasteiger partial charge in [0.2, 0.25) is 0 Å². The van der Waals surface area contributed by atoms with Crippen molar-refractivity contribution in [2.75, 3.05) is 0 Å². The van der Waals surface area contributed by atoms with Crippen molar-refractivity contribution in [2.24, 2.45) is 0 Å². The Kier molecular flexibility index (Phi) is 32.0. The molecule has 148 valence electrons. The Labute approximate surface area is 163 Å². The molecule has 0 bridgehead atoms. The van der Waals surface area contributed by atoms with Gasteiger partial charge >= 0.3 is 16.5 Å². The van der Waals surface area contributed by atoms with Gasteiger partial charge in [0, 0.05) is 0 Å². The first-order chi connectivity index (χ1) is 9.49. The van der Waals surface area contributed by atoms with Crippen LogP contribution in [0.5, 0.6) is 0 Å². The third-order valence-corrected chi connectivity index (χ3v) is 18.2. The second-order valence-electron chi connectivity index (χ2n) is 6.62. The third kappa shape index (κ3) is 13.8. The van der Waals surface area contributed by atoms with Crippen molar-refractivity contribution in [1.29, 1.82) is 0 Å². The summed E-state index contributed by atoms with van der Waals surface area (Å²) in [5.74, 6) is 0. The van der Waals surface area contributed by atoms with E-state index in [-0.39, 0.29) is 31.3 Å². The van der Waals surface area contributed by atoms with Gasteiger partial charge in [-0.15, -0.1) is 0 Å². The maximum atomic E-state index is 2.38. The van der Waals surface area contributed by atoms with Gasteiger partial charge < -0.3 is 14.9 Å². The molecule has 0 saturated carbocycles. The van der Waals surface area contributed by atoms with Crippen LogP contribution in [0.3, 0.4) is 0 Å². The minimum absolute atomic E-state index is 0. The van der Waals surface area contributed by atoms with E-state index < -0.39 is 16.1 Å². The Hall–Kier alpha value is 0.927. The second-order valence-corrected chi connectivity index (χ2v) is 17.9. The first-order valence-corrected chi connectivity index (χ1v) is 15.1. The fraction of sp³-hybridized carbons (Fsp3) is 0.900. The summed E-state index contributed by atoms with van der Waals surface area (Å²) in [6, 6.07) is 12.1. The zero-order chi connectivity index (χ0) is 16.1. The molecule has 0 aliphatic carbocycles. The van der Waals surface area contributed by atoms with E-state index in [0.717, 1.165) is 0 Å². The molecule has 0 rings (SSSR count). The van der Waals surface area contributed by atoms with Crippen LogP contribution in [0.15, 0.2) is 0 Å². The minimum atomic E-state index is -0.717. The predicted molar refractivity (Wildman–Crippen MR) is 117 cm³/mol. The largest absolute Gasteiger partial charge is 2.00 e. The average molecular weight is 405 g/mol. The van der Waals surface area contributed by atoms with Gasteiger partial charge in [-0.25, -0.2) is 0 Å². The zero-order valence-electron chi connectivity index (χ0n) is 18.4. The van der Waals surface area contributed by atoms with Gasteiger partial charge in [-0.2, -0.15) is 0 Å². The van der Waals surface area contributed by atoms with E-state index in [0.29, 0.717) is 0 Å². The summed E-state index contributed by atoms with van der Waals surface area (Å²) in [6.07, 6.45) is 2.81. The molecule has 0 nitrogen and oxygen atoms in total. The molecule has 0 saturated heterocycles. The molecule has 0 fully saturated rings. The summed E-state index contributed by atoms with van der Waals surface area (Å²) in [7, 11) is -1.43. The van der Waals surface area contributed by atoms with Crippen LogP contribution in [0.25, 0.3) is 0 Å². The van der Waals surface area contributed by atoms with Crippen LogP contribution in [0.1, 0.15) is 68.2 Å². The molecule has 3 heteroatoms. The van der Waals surface area contributed by atoms with Gasteiger partial charge in [0.15, 0.2) is 0 Å². The van der Waals surface area contributed by atoms with Crippen molar-refractivity contribution in [2.45, 2.75) is 117 Å². The fourth-order valence-electron chi connectivity index (χ4n) is 3.62. The van der Waals surface area contributed by atoms with E-state index in [1.807, 2.05) is 0 Å². The van der Waals surface area contributed by atoms with Crippen molar-refractivity contribution in [1.82, 2.24) is 0 Å². The summed E-state index contributed by atoms with van der Waals surface area (Å²) in [4.78, 5) is 0. The smallest absolute Gasteiger partial charge is 0.358 e. The van der Waals surface area contributed by atoms with Crippen LogP contribution in [-0.4, -0.2) is 16.1 Å². The van der Waals surface area contributed by atoms with Crippen molar-refractivity contribution in [3.05, 3.63) is 14.9 Å². The van der Waals surface area contributed by atoms with Crippen molar-refractivity contribution < 1.29 is 16.5 Å². The summed E-state index contributed by atoms with van der Waals surface area (Å²) >= 11 is 0. The molecule has 0 aromatic heterocycles. The van der Waals surface area contributed by atoms with Gasteiger partial charge in [-0.3, -0.25) is 0 Å². The number of hydrogen-bond acceptors (Lipinski definition) is 0. The molecule has 0 spiro atoms. The molecule has 0 aromatic rings. The maximum Gasteiger partial charge on any atom is 2.00 e. The summed E-state index contributed by atoms with van der Waals surface area (Å²) in [5, 5.41) is 0. The van der Waals surface area contributed by atoms with E-state index in [1.54, 1.807) is 12.1 Å². The van der Waals surface area contributed by atoms with Gasteiger partial charge in [0.05, 0.1) is 16.1 Å². The second kappa shape index (κ2) is 21.0. The van der Waals surface area contributed by atoms with Crippen molar-refractivity contribution in [3.8, 4) is 0 Å². The molecule has 0 atom stereocenters. The fourth-order valence-corrected chi connectivity index (χ4v) is 10.9. The van der Waals surface area contributed by atoms with Crippen molar-refractivity contribution >= 4 is 16.1 Å². The summed E-state index contributed by atoms with van der Waals surface area (Å²) in [5.41, 5.74) is 0. The molecule has 0 N–H and O–H groups in total. The standard InChI is InChI=1S/2C9H22Si.2CH3.Ni/c2*1-5-9-10(6-2,7-3)8-4;;;/h2*5-9H2,1-4H3;2*1H3;/q;;2*-1;+2. The van der Waals surface area contributed by atoms with Gasteiger partial charge in [0.1, 0.15) is 0 Å². The van der Waals surface area contributed by atoms with Gasteiger partial charge in [-0.1, -0.05) is 117 Å².